The van der Waals surface area contributed by atoms with Crippen LogP contribution in [-0.4, -0.2) is 20.1 Å². The van der Waals surface area contributed by atoms with Gasteiger partial charge in [0.2, 0.25) is 5.91 Å². The maximum absolute atomic E-state index is 12.4. The molecule has 0 aliphatic rings. The molecule has 1 N–H and O–H groups in total. The van der Waals surface area contributed by atoms with Crippen LogP contribution in [0.3, 0.4) is 0 Å². The molecule has 2 aromatic carbocycles. The predicted molar refractivity (Wildman–Crippen MR) is 104 cm³/mol. The molecular weight excluding hydrogens is 346 g/mol. The van der Waals surface area contributed by atoms with Gasteiger partial charge in [0.05, 0.1) is 14.2 Å². The molecule has 0 aliphatic carbocycles. The van der Waals surface area contributed by atoms with Crippen LogP contribution >= 0.6 is 0 Å². The Balaban J connectivity index is 1.76. The van der Waals surface area contributed by atoms with Crippen molar-refractivity contribution in [2.45, 2.75) is 19.8 Å². The number of methoxy groups -OCH3 is 2. The van der Waals surface area contributed by atoms with Gasteiger partial charge < -0.3 is 19.2 Å². The number of nitrogens with one attached hydrogen (secondary N) is 1. The van der Waals surface area contributed by atoms with Gasteiger partial charge in [0.25, 0.3) is 0 Å². The normalized spacial score (nSPS) is 10.6. The lowest BCUT2D eigenvalue weighted by molar-refractivity contribution is -0.116. The van der Waals surface area contributed by atoms with Crippen LogP contribution in [0.2, 0.25) is 0 Å². The number of carbonyl (C=O) groups excluding carboxylic acids is 1. The van der Waals surface area contributed by atoms with E-state index in [9.17, 15) is 9.59 Å². The van der Waals surface area contributed by atoms with Crippen LogP contribution in [0.25, 0.3) is 11.0 Å². The van der Waals surface area contributed by atoms with Crippen LogP contribution < -0.4 is 20.4 Å². The summed E-state index contributed by atoms with van der Waals surface area (Å²) in [5.74, 6) is 1.10. The first kappa shape index (κ1) is 18.5. The van der Waals surface area contributed by atoms with E-state index in [2.05, 4.69) is 5.32 Å². The molecule has 140 valence electrons. The molecule has 27 heavy (non-hydrogen) atoms. The number of benzene rings is 2. The van der Waals surface area contributed by atoms with Crippen molar-refractivity contribution in [3.05, 3.63) is 64.0 Å². The monoisotopic (exact) mass is 367 g/mol. The smallest absolute Gasteiger partial charge is 0.339 e. The zero-order valence-corrected chi connectivity index (χ0v) is 15.5. The van der Waals surface area contributed by atoms with Crippen molar-refractivity contribution < 1.29 is 18.7 Å². The lowest BCUT2D eigenvalue weighted by atomic mass is 10.0. The molecule has 3 rings (SSSR count). The Bertz CT molecular complexity index is 1040. The Morgan fingerprint density at radius 1 is 1.07 bits per heavy atom. The van der Waals surface area contributed by atoms with Crippen molar-refractivity contribution >= 4 is 22.6 Å². The second-order valence-electron chi connectivity index (χ2n) is 6.14. The number of rotatable bonds is 6. The molecule has 0 unspecified atom stereocenters. The highest BCUT2D eigenvalue weighted by molar-refractivity contribution is 5.91. The van der Waals surface area contributed by atoms with Crippen LogP contribution in [-0.2, 0) is 11.2 Å². The molecule has 6 nitrogen and oxygen atoms in total. The summed E-state index contributed by atoms with van der Waals surface area (Å²) in [6.45, 7) is 1.86. The van der Waals surface area contributed by atoms with Gasteiger partial charge in [-0.2, -0.15) is 0 Å². The SMILES string of the molecule is COc1cccc(NC(=O)CCc2c(C)c3ccc(OC)cc3oc2=O)c1. The lowest BCUT2D eigenvalue weighted by Gasteiger charge is -2.10. The molecule has 1 heterocycles. The maximum Gasteiger partial charge on any atom is 0.339 e. The maximum atomic E-state index is 12.4. The van der Waals surface area contributed by atoms with E-state index in [1.807, 2.05) is 19.1 Å². The number of anilines is 1. The number of amides is 1. The molecular formula is C21H21NO5. The molecule has 0 aliphatic heterocycles. The molecule has 0 spiro atoms. The van der Waals surface area contributed by atoms with Gasteiger partial charge in [-0.1, -0.05) is 6.07 Å². The van der Waals surface area contributed by atoms with E-state index in [-0.39, 0.29) is 12.3 Å². The first-order valence-electron chi connectivity index (χ1n) is 8.56. The number of hydrogen-bond acceptors (Lipinski definition) is 5. The molecule has 0 saturated heterocycles. The average molecular weight is 367 g/mol. The van der Waals surface area contributed by atoms with E-state index in [0.29, 0.717) is 34.8 Å². The predicted octanol–water partition coefficient (Wildman–Crippen LogP) is 3.69. The van der Waals surface area contributed by atoms with Crippen LogP contribution in [0.4, 0.5) is 5.69 Å². The fraction of sp³-hybridized carbons (Fsp3) is 0.238. The molecule has 0 radical (unpaired) electrons. The fourth-order valence-electron chi connectivity index (χ4n) is 2.95. The molecule has 0 bridgehead atoms. The van der Waals surface area contributed by atoms with Gasteiger partial charge in [0.1, 0.15) is 17.1 Å². The quantitative estimate of drug-likeness (QED) is 0.672. The number of aryl methyl sites for hydroxylation is 1. The highest BCUT2D eigenvalue weighted by atomic mass is 16.5. The van der Waals surface area contributed by atoms with E-state index in [1.54, 1.807) is 44.6 Å². The Hall–Kier alpha value is -3.28. The largest absolute Gasteiger partial charge is 0.497 e. The summed E-state index contributed by atoms with van der Waals surface area (Å²) < 4.78 is 15.7. The summed E-state index contributed by atoms with van der Waals surface area (Å²) in [6.07, 6.45) is 0.469. The van der Waals surface area contributed by atoms with Gasteiger partial charge in [0.15, 0.2) is 0 Å². The van der Waals surface area contributed by atoms with Crippen molar-refractivity contribution in [3.8, 4) is 11.5 Å². The van der Waals surface area contributed by atoms with Gasteiger partial charge >= 0.3 is 5.63 Å². The first-order chi connectivity index (χ1) is 13.0. The Morgan fingerprint density at radius 2 is 1.81 bits per heavy atom. The van der Waals surface area contributed by atoms with Crippen LogP contribution in [0, 0.1) is 6.92 Å². The molecule has 0 atom stereocenters. The summed E-state index contributed by atoms with van der Waals surface area (Å²) in [5.41, 5.74) is 2.02. The lowest BCUT2D eigenvalue weighted by Crippen LogP contribution is -2.16. The van der Waals surface area contributed by atoms with E-state index in [4.69, 9.17) is 13.9 Å². The number of hydrogen-bond donors (Lipinski definition) is 1. The van der Waals surface area contributed by atoms with Crippen molar-refractivity contribution in [1.29, 1.82) is 0 Å². The van der Waals surface area contributed by atoms with Crippen LogP contribution in [0.1, 0.15) is 17.5 Å². The highest BCUT2D eigenvalue weighted by Gasteiger charge is 2.14. The number of ether oxygens (including phenoxy) is 2. The summed E-state index contributed by atoms with van der Waals surface area (Å²) >= 11 is 0. The minimum Gasteiger partial charge on any atom is -0.497 e. The van der Waals surface area contributed by atoms with Gasteiger partial charge in [-0.15, -0.1) is 0 Å². The highest BCUT2D eigenvalue weighted by Crippen LogP contribution is 2.24. The van der Waals surface area contributed by atoms with Crippen molar-refractivity contribution in [3.63, 3.8) is 0 Å². The Morgan fingerprint density at radius 3 is 2.56 bits per heavy atom. The van der Waals surface area contributed by atoms with Gasteiger partial charge in [0, 0.05) is 35.2 Å². The van der Waals surface area contributed by atoms with Gasteiger partial charge in [-0.05, 0) is 43.2 Å². The van der Waals surface area contributed by atoms with E-state index >= 15 is 0 Å². The fourth-order valence-corrected chi connectivity index (χ4v) is 2.95. The molecule has 0 saturated carbocycles. The van der Waals surface area contributed by atoms with E-state index < -0.39 is 5.63 Å². The second-order valence-corrected chi connectivity index (χ2v) is 6.14. The van der Waals surface area contributed by atoms with Crippen LogP contribution in [0.5, 0.6) is 11.5 Å². The third-order valence-corrected chi connectivity index (χ3v) is 4.45. The van der Waals surface area contributed by atoms with Crippen molar-refractivity contribution in [2.24, 2.45) is 0 Å². The molecule has 1 aromatic heterocycles. The Kier molecular flexibility index (Phi) is 5.45. The first-order valence-corrected chi connectivity index (χ1v) is 8.56. The summed E-state index contributed by atoms with van der Waals surface area (Å²) in [4.78, 5) is 24.6. The molecule has 0 fully saturated rings. The minimum atomic E-state index is -0.428. The standard InChI is InChI=1S/C21H21NO5/c1-13-17-8-7-16(26-3)12-19(17)27-21(24)18(13)9-10-20(23)22-14-5-4-6-15(11-14)25-2/h4-8,11-12H,9-10H2,1-3H3,(H,22,23). The molecule has 1 amide bonds. The zero-order valence-electron chi connectivity index (χ0n) is 15.5. The summed E-state index contributed by atoms with van der Waals surface area (Å²) in [5, 5.41) is 3.64. The Labute approximate surface area is 156 Å². The van der Waals surface area contributed by atoms with E-state index in [1.165, 1.54) is 0 Å². The van der Waals surface area contributed by atoms with E-state index in [0.717, 1.165) is 10.9 Å². The third kappa shape index (κ3) is 4.11. The molecule has 6 heteroatoms. The van der Waals surface area contributed by atoms with Crippen molar-refractivity contribution in [1.82, 2.24) is 0 Å². The topological polar surface area (TPSA) is 77.8 Å². The minimum absolute atomic E-state index is 0.171. The zero-order chi connectivity index (χ0) is 19.4. The number of fused-ring (bicyclic) bond motifs is 1. The second kappa shape index (κ2) is 7.95. The average Bonchev–Trinajstić information content (AvgIpc) is 2.67. The van der Waals surface area contributed by atoms with Gasteiger partial charge in [-0.3, -0.25) is 4.79 Å². The third-order valence-electron chi connectivity index (χ3n) is 4.45. The van der Waals surface area contributed by atoms with Gasteiger partial charge in [-0.25, -0.2) is 4.79 Å². The molecule has 3 aromatic rings. The summed E-state index contributed by atoms with van der Waals surface area (Å²) in [7, 11) is 3.12. The van der Waals surface area contributed by atoms with Crippen LogP contribution in [0.15, 0.2) is 51.7 Å². The summed E-state index contributed by atoms with van der Waals surface area (Å²) in [6, 6.07) is 12.5. The number of carbonyl (C=O) groups is 1. The van der Waals surface area contributed by atoms with Crippen molar-refractivity contribution in [2.75, 3.05) is 19.5 Å².